The van der Waals surface area contributed by atoms with Gasteiger partial charge in [-0.05, 0) is 11.8 Å². The largest absolute Gasteiger partial charge is 0.156 e. The van der Waals surface area contributed by atoms with Gasteiger partial charge in [0.1, 0.15) is 11.5 Å². The highest BCUT2D eigenvalue weighted by Gasteiger charge is 2.01. The zero-order valence-electron chi connectivity index (χ0n) is 5.51. The van der Waals surface area contributed by atoms with E-state index < -0.39 is 0 Å². The highest BCUT2D eigenvalue weighted by molar-refractivity contribution is 8.03. The average molecular weight is 181 g/mol. The molecule has 1 heterocycles. The molecule has 0 spiro atoms. The van der Waals surface area contributed by atoms with Crippen LogP contribution in [0, 0.1) is 0 Å². The Morgan fingerprint density at radius 2 is 1.33 bits per heavy atom. The van der Waals surface area contributed by atoms with E-state index in [9.17, 15) is 0 Å². The molecular formula is C6H13S3+. The summed E-state index contributed by atoms with van der Waals surface area (Å²) >= 11 is 5.90. The molecule has 1 rings (SSSR count). The first-order chi connectivity index (χ1) is 4.50. The van der Waals surface area contributed by atoms with Crippen molar-refractivity contribution in [3.63, 3.8) is 0 Å². The predicted molar refractivity (Wildman–Crippen MR) is 53.1 cm³/mol. The molecule has 0 aromatic carbocycles. The van der Waals surface area contributed by atoms with Crippen molar-refractivity contribution in [1.29, 1.82) is 0 Å². The van der Waals surface area contributed by atoms with Crippen LogP contribution in [-0.4, -0.2) is 34.5 Å². The van der Waals surface area contributed by atoms with E-state index >= 15 is 0 Å². The smallest absolute Gasteiger partial charge is 0.114 e. The summed E-state index contributed by atoms with van der Waals surface area (Å²) in [5, 5.41) is 0. The lowest BCUT2D eigenvalue weighted by Gasteiger charge is -1.92. The molecule has 0 aliphatic carbocycles. The third kappa shape index (κ3) is 4.45. The van der Waals surface area contributed by atoms with Crippen molar-refractivity contribution in [3.8, 4) is 0 Å². The fraction of sp³-hybridized carbons (Fsp3) is 1.00. The van der Waals surface area contributed by atoms with E-state index in [1.165, 1.54) is 34.5 Å². The van der Waals surface area contributed by atoms with Crippen molar-refractivity contribution >= 4 is 35.3 Å². The minimum absolute atomic E-state index is 1.38. The summed E-state index contributed by atoms with van der Waals surface area (Å²) in [5.41, 5.74) is 0. The Labute approximate surface area is 69.9 Å². The van der Waals surface area contributed by atoms with Crippen LogP contribution < -0.4 is 0 Å². The van der Waals surface area contributed by atoms with Gasteiger partial charge in [-0.2, -0.15) is 23.5 Å². The Bertz CT molecular complexity index is 36.8. The Morgan fingerprint density at radius 1 is 0.778 bits per heavy atom. The maximum atomic E-state index is 2.11. The van der Waals surface area contributed by atoms with Gasteiger partial charge in [0.15, 0.2) is 0 Å². The van der Waals surface area contributed by atoms with Crippen molar-refractivity contribution in [2.75, 3.05) is 34.5 Å². The summed E-state index contributed by atoms with van der Waals surface area (Å²) in [6.45, 7) is 0. The van der Waals surface area contributed by atoms with E-state index in [2.05, 4.69) is 23.5 Å². The molecule has 54 valence electrons. The summed E-state index contributed by atoms with van der Waals surface area (Å²) in [6.07, 6.45) is 0. The van der Waals surface area contributed by atoms with Gasteiger partial charge >= 0.3 is 0 Å². The van der Waals surface area contributed by atoms with Gasteiger partial charge < -0.3 is 0 Å². The maximum Gasteiger partial charge on any atom is 0.114 e. The highest BCUT2D eigenvalue weighted by atomic mass is 32.2. The quantitative estimate of drug-likeness (QED) is 0.408. The van der Waals surface area contributed by atoms with Crippen LogP contribution >= 0.6 is 23.5 Å². The van der Waals surface area contributed by atoms with Crippen molar-refractivity contribution < 1.29 is 0 Å². The van der Waals surface area contributed by atoms with E-state index in [1.807, 2.05) is 0 Å². The van der Waals surface area contributed by atoms with Crippen LogP contribution in [0.1, 0.15) is 0 Å². The molecule has 0 atom stereocenters. The van der Waals surface area contributed by atoms with E-state index in [4.69, 9.17) is 0 Å². The average Bonchev–Trinajstić information content (AvgIpc) is 2.00. The zero-order valence-corrected chi connectivity index (χ0v) is 8.03. The lowest BCUT2D eigenvalue weighted by atomic mass is 10.9. The number of hydrogen-bond acceptors (Lipinski definition) is 2. The number of rotatable bonds is 0. The first-order valence-electron chi connectivity index (χ1n) is 3.29. The molecule has 0 nitrogen and oxygen atoms in total. The first kappa shape index (κ1) is 8.15. The topological polar surface area (TPSA) is 0 Å². The molecule has 0 aromatic rings. The standard InChI is InChI=1S/C6H12S3/c1-2-8-5-6-9-4-3-7-1/h1-6H2/p+1. The fourth-order valence-corrected chi connectivity index (χ4v) is 4.33. The normalized spacial score (nSPS) is 24.0. The molecule has 0 aromatic heterocycles. The van der Waals surface area contributed by atoms with Crippen LogP contribution in [0.3, 0.4) is 0 Å². The molecule has 9 heavy (non-hydrogen) atoms. The van der Waals surface area contributed by atoms with Gasteiger partial charge in [0.25, 0.3) is 0 Å². The van der Waals surface area contributed by atoms with Crippen molar-refractivity contribution in [2.45, 2.75) is 0 Å². The fourth-order valence-electron chi connectivity index (χ4n) is 0.692. The zero-order chi connectivity index (χ0) is 6.36. The minimum Gasteiger partial charge on any atom is -0.156 e. The maximum absolute atomic E-state index is 2.11. The van der Waals surface area contributed by atoms with Gasteiger partial charge in [-0.1, -0.05) is 0 Å². The number of thiol groups is 1. The summed E-state index contributed by atoms with van der Waals surface area (Å²) < 4.78 is 0. The van der Waals surface area contributed by atoms with Crippen LogP contribution in [0.4, 0.5) is 0 Å². The second-order valence-corrected chi connectivity index (χ2v) is 5.69. The number of thioether (sulfide) groups is 2. The molecule has 1 fully saturated rings. The molecule has 0 N–H and O–H groups in total. The van der Waals surface area contributed by atoms with Crippen LogP contribution in [-0.2, 0) is 11.8 Å². The molecule has 1 saturated heterocycles. The Morgan fingerprint density at radius 3 is 1.89 bits per heavy atom. The Kier molecular flexibility index (Phi) is 5.26. The third-order valence-corrected chi connectivity index (χ3v) is 5.07. The van der Waals surface area contributed by atoms with Crippen molar-refractivity contribution in [2.24, 2.45) is 0 Å². The minimum atomic E-state index is 1.38. The van der Waals surface area contributed by atoms with Crippen molar-refractivity contribution in [3.05, 3.63) is 0 Å². The molecule has 0 saturated carbocycles. The first-order valence-corrected chi connectivity index (χ1v) is 6.86. The van der Waals surface area contributed by atoms with Gasteiger partial charge in [0.2, 0.25) is 0 Å². The summed E-state index contributed by atoms with van der Waals surface area (Å²) in [5.74, 6) is 8.38. The van der Waals surface area contributed by atoms with E-state index in [1.54, 1.807) is 11.8 Å². The van der Waals surface area contributed by atoms with Gasteiger partial charge in [-0.3, -0.25) is 0 Å². The van der Waals surface area contributed by atoms with Crippen LogP contribution in [0.15, 0.2) is 0 Å². The molecule has 3 heteroatoms. The van der Waals surface area contributed by atoms with Crippen LogP contribution in [0.2, 0.25) is 0 Å². The van der Waals surface area contributed by atoms with Gasteiger partial charge in [0, 0.05) is 23.0 Å². The monoisotopic (exact) mass is 181 g/mol. The molecule has 0 amide bonds. The Hall–Kier alpha value is 1.05. The van der Waals surface area contributed by atoms with Gasteiger partial charge in [-0.15, -0.1) is 0 Å². The van der Waals surface area contributed by atoms with E-state index in [-0.39, 0.29) is 0 Å². The molecule has 1 aliphatic heterocycles. The van der Waals surface area contributed by atoms with Crippen LogP contribution in [0.5, 0.6) is 0 Å². The molecule has 0 bridgehead atoms. The van der Waals surface area contributed by atoms with E-state index in [0.717, 1.165) is 0 Å². The van der Waals surface area contributed by atoms with E-state index in [0.29, 0.717) is 0 Å². The second kappa shape index (κ2) is 5.81. The lowest BCUT2D eigenvalue weighted by molar-refractivity contribution is 1.49. The van der Waals surface area contributed by atoms with Crippen LogP contribution in [0.25, 0.3) is 0 Å². The summed E-state index contributed by atoms with van der Waals surface area (Å²) in [4.78, 5) is 0. The SMILES string of the molecule is C1CSCC[SH+]CCS1. The predicted octanol–water partition coefficient (Wildman–Crippen LogP) is 1.28. The number of hydrogen-bond donors (Lipinski definition) is 0. The van der Waals surface area contributed by atoms with Crippen molar-refractivity contribution in [1.82, 2.24) is 0 Å². The molecule has 1 aliphatic rings. The lowest BCUT2D eigenvalue weighted by Crippen LogP contribution is -1.97. The summed E-state index contributed by atoms with van der Waals surface area (Å²) in [7, 11) is 0. The summed E-state index contributed by atoms with van der Waals surface area (Å²) in [6, 6.07) is 0. The third-order valence-electron chi connectivity index (χ3n) is 1.16. The van der Waals surface area contributed by atoms with Gasteiger partial charge in [0.05, 0.1) is 0 Å². The molecule has 0 unspecified atom stereocenters. The second-order valence-electron chi connectivity index (χ2n) is 1.90. The Balaban J connectivity index is 2.02. The molecule has 0 radical (unpaired) electrons. The highest BCUT2D eigenvalue weighted by Crippen LogP contribution is 2.09. The molecular weight excluding hydrogens is 168 g/mol. The van der Waals surface area contributed by atoms with Gasteiger partial charge in [-0.25, -0.2) is 0 Å².